The molecule has 2 heteroatoms. The van der Waals surface area contributed by atoms with E-state index in [1.807, 2.05) is 14.1 Å². The molecule has 0 saturated heterocycles. The van der Waals surface area contributed by atoms with Gasteiger partial charge in [-0.15, -0.1) is 0 Å². The molecule has 1 rings (SSSR count). The van der Waals surface area contributed by atoms with Crippen molar-refractivity contribution in [3.05, 3.63) is 0 Å². The molecule has 1 fully saturated rings. The number of nitrogens with zero attached hydrogens (tertiary/aromatic N) is 1. The van der Waals surface area contributed by atoms with Crippen LogP contribution in [0.3, 0.4) is 0 Å². The zero-order chi connectivity index (χ0) is 8.65. The fraction of sp³-hybridized carbons (Fsp3) is 1.00. The summed E-state index contributed by atoms with van der Waals surface area (Å²) >= 11 is 0. The Kier molecular flexibility index (Phi) is 2.26. The van der Waals surface area contributed by atoms with E-state index < -0.39 is 0 Å². The van der Waals surface area contributed by atoms with Gasteiger partial charge in [0.2, 0.25) is 0 Å². The van der Waals surface area contributed by atoms with E-state index >= 15 is 0 Å². The lowest BCUT2D eigenvalue weighted by molar-refractivity contribution is 0.00344. The number of hydrogen-bond donors (Lipinski definition) is 1. The van der Waals surface area contributed by atoms with Crippen LogP contribution in [0, 0.1) is 5.92 Å². The maximum atomic E-state index is 9.85. The molecule has 0 amide bonds. The van der Waals surface area contributed by atoms with Crippen LogP contribution in [-0.4, -0.2) is 35.7 Å². The van der Waals surface area contributed by atoms with Crippen LogP contribution >= 0.6 is 0 Å². The van der Waals surface area contributed by atoms with Gasteiger partial charge in [-0.05, 0) is 46.7 Å². The fourth-order valence-corrected chi connectivity index (χ4v) is 1.25. The van der Waals surface area contributed by atoms with Crippen LogP contribution < -0.4 is 0 Å². The molecule has 66 valence electrons. The Morgan fingerprint density at radius 2 is 1.82 bits per heavy atom. The highest BCUT2D eigenvalue weighted by atomic mass is 16.3. The maximum absolute atomic E-state index is 9.85. The van der Waals surface area contributed by atoms with Crippen molar-refractivity contribution in [2.24, 2.45) is 5.92 Å². The van der Waals surface area contributed by atoms with Gasteiger partial charge in [-0.25, -0.2) is 0 Å². The monoisotopic (exact) mass is 157 g/mol. The van der Waals surface area contributed by atoms with Crippen LogP contribution in [0.2, 0.25) is 0 Å². The lowest BCUT2D eigenvalue weighted by Gasteiger charge is -2.37. The molecule has 2 nitrogen and oxygen atoms in total. The van der Waals surface area contributed by atoms with Crippen molar-refractivity contribution in [1.29, 1.82) is 0 Å². The predicted octanol–water partition coefficient (Wildman–Crippen LogP) is 1.10. The Balaban J connectivity index is 2.54. The Labute approximate surface area is 69.2 Å². The molecule has 11 heavy (non-hydrogen) atoms. The third-order valence-electron chi connectivity index (χ3n) is 2.94. The Hall–Kier alpha value is -0.0800. The van der Waals surface area contributed by atoms with Gasteiger partial charge in [0, 0.05) is 5.54 Å². The summed E-state index contributed by atoms with van der Waals surface area (Å²) in [6.45, 7) is 4.19. The minimum Gasteiger partial charge on any atom is -0.391 e. The normalized spacial score (nSPS) is 22.4. The topological polar surface area (TPSA) is 23.5 Å². The number of likely N-dealkylation sites (N-methyl/N-ethyl adjacent to an activating group) is 1. The van der Waals surface area contributed by atoms with Crippen molar-refractivity contribution in [3.63, 3.8) is 0 Å². The van der Waals surface area contributed by atoms with Gasteiger partial charge in [-0.3, -0.25) is 0 Å². The molecule has 0 aromatic rings. The van der Waals surface area contributed by atoms with Crippen molar-refractivity contribution < 1.29 is 5.11 Å². The van der Waals surface area contributed by atoms with Gasteiger partial charge in [0.1, 0.15) is 0 Å². The third-order valence-corrected chi connectivity index (χ3v) is 2.94. The summed E-state index contributed by atoms with van der Waals surface area (Å²) in [6, 6.07) is 0. The van der Waals surface area contributed by atoms with Crippen LogP contribution in [0.25, 0.3) is 0 Å². The molecule has 1 N–H and O–H groups in total. The molecule has 1 unspecified atom stereocenters. The lowest BCUT2D eigenvalue weighted by atomic mass is 9.92. The summed E-state index contributed by atoms with van der Waals surface area (Å²) in [4.78, 5) is 2.09. The largest absolute Gasteiger partial charge is 0.391 e. The van der Waals surface area contributed by atoms with E-state index in [9.17, 15) is 5.11 Å². The minimum atomic E-state index is -0.155. The van der Waals surface area contributed by atoms with Gasteiger partial charge in [0.05, 0.1) is 6.10 Å². The van der Waals surface area contributed by atoms with E-state index in [-0.39, 0.29) is 11.6 Å². The third kappa shape index (κ3) is 1.74. The fourth-order valence-electron chi connectivity index (χ4n) is 1.25. The SMILES string of the molecule is CN(C)C(C)(C)C(O)C1CC1. The average molecular weight is 157 g/mol. The van der Waals surface area contributed by atoms with Gasteiger partial charge in [0.15, 0.2) is 0 Å². The maximum Gasteiger partial charge on any atom is 0.0746 e. The molecule has 1 atom stereocenters. The van der Waals surface area contributed by atoms with Crippen LogP contribution in [0.15, 0.2) is 0 Å². The quantitative estimate of drug-likeness (QED) is 0.663. The summed E-state index contributed by atoms with van der Waals surface area (Å²) in [5.74, 6) is 0.562. The molecule has 0 radical (unpaired) electrons. The highest BCUT2D eigenvalue weighted by Gasteiger charge is 2.40. The Morgan fingerprint density at radius 3 is 2.09 bits per heavy atom. The zero-order valence-corrected chi connectivity index (χ0v) is 7.96. The predicted molar refractivity (Wildman–Crippen MR) is 46.5 cm³/mol. The van der Waals surface area contributed by atoms with E-state index in [2.05, 4.69) is 18.7 Å². The summed E-state index contributed by atoms with van der Waals surface area (Å²) in [5.41, 5.74) is -0.0683. The van der Waals surface area contributed by atoms with Gasteiger partial charge in [-0.1, -0.05) is 0 Å². The summed E-state index contributed by atoms with van der Waals surface area (Å²) in [5, 5.41) is 9.85. The van der Waals surface area contributed by atoms with Crippen molar-refractivity contribution >= 4 is 0 Å². The molecule has 1 saturated carbocycles. The first-order chi connectivity index (χ1) is 4.96. The standard InChI is InChI=1S/C9H19NO/c1-9(2,10(3)4)8(11)7-5-6-7/h7-8,11H,5-6H2,1-4H3. The Bertz CT molecular complexity index is 138. The average Bonchev–Trinajstić information content (AvgIpc) is 2.66. The number of hydrogen-bond acceptors (Lipinski definition) is 2. The molecule has 0 aromatic heterocycles. The van der Waals surface area contributed by atoms with Gasteiger partial charge < -0.3 is 10.0 Å². The van der Waals surface area contributed by atoms with Crippen LogP contribution in [0.5, 0.6) is 0 Å². The van der Waals surface area contributed by atoms with Crippen LogP contribution in [0.4, 0.5) is 0 Å². The van der Waals surface area contributed by atoms with E-state index in [1.54, 1.807) is 0 Å². The highest BCUT2D eigenvalue weighted by Crippen LogP contribution is 2.38. The molecule has 0 aromatic carbocycles. The van der Waals surface area contributed by atoms with Crippen molar-refractivity contribution in [2.45, 2.75) is 38.3 Å². The van der Waals surface area contributed by atoms with Crippen LogP contribution in [-0.2, 0) is 0 Å². The number of aliphatic hydroxyl groups is 1. The molecule has 0 bridgehead atoms. The second-order valence-electron chi connectivity index (χ2n) is 4.33. The smallest absolute Gasteiger partial charge is 0.0746 e. The van der Waals surface area contributed by atoms with E-state index in [0.29, 0.717) is 5.92 Å². The van der Waals surface area contributed by atoms with Crippen LogP contribution in [0.1, 0.15) is 26.7 Å². The molecular formula is C9H19NO. The molecule has 1 aliphatic carbocycles. The summed E-state index contributed by atoms with van der Waals surface area (Å²) < 4.78 is 0. The minimum absolute atomic E-state index is 0.0683. The summed E-state index contributed by atoms with van der Waals surface area (Å²) in [7, 11) is 4.04. The molecule has 0 spiro atoms. The van der Waals surface area contributed by atoms with Gasteiger partial charge in [0.25, 0.3) is 0 Å². The number of rotatable bonds is 3. The van der Waals surface area contributed by atoms with Crippen molar-refractivity contribution in [1.82, 2.24) is 4.90 Å². The van der Waals surface area contributed by atoms with E-state index in [4.69, 9.17) is 0 Å². The first-order valence-electron chi connectivity index (χ1n) is 4.31. The second-order valence-corrected chi connectivity index (χ2v) is 4.33. The lowest BCUT2D eigenvalue weighted by Crippen LogP contribution is -2.49. The second kappa shape index (κ2) is 2.76. The van der Waals surface area contributed by atoms with Crippen molar-refractivity contribution in [3.8, 4) is 0 Å². The molecule has 0 heterocycles. The number of aliphatic hydroxyl groups excluding tert-OH is 1. The molecular weight excluding hydrogens is 138 g/mol. The Morgan fingerprint density at radius 1 is 1.36 bits per heavy atom. The van der Waals surface area contributed by atoms with Gasteiger partial charge >= 0.3 is 0 Å². The first kappa shape index (κ1) is 9.01. The molecule has 1 aliphatic rings. The first-order valence-corrected chi connectivity index (χ1v) is 4.31. The van der Waals surface area contributed by atoms with E-state index in [1.165, 1.54) is 12.8 Å². The highest BCUT2D eigenvalue weighted by molar-refractivity contribution is 4.95. The summed E-state index contributed by atoms with van der Waals surface area (Å²) in [6.07, 6.45) is 2.26. The van der Waals surface area contributed by atoms with Gasteiger partial charge in [-0.2, -0.15) is 0 Å². The molecule has 0 aliphatic heterocycles. The van der Waals surface area contributed by atoms with Crippen molar-refractivity contribution in [2.75, 3.05) is 14.1 Å². The van der Waals surface area contributed by atoms with E-state index in [0.717, 1.165) is 0 Å². The zero-order valence-electron chi connectivity index (χ0n) is 7.96.